The van der Waals surface area contributed by atoms with Crippen LogP contribution >= 0.6 is 0 Å². The van der Waals surface area contributed by atoms with Crippen molar-refractivity contribution in [3.8, 4) is 0 Å². The van der Waals surface area contributed by atoms with Crippen LogP contribution in [0.4, 0.5) is 0 Å². The Morgan fingerprint density at radius 1 is 1.03 bits per heavy atom. The number of aliphatic hydroxyl groups is 1. The smallest absolute Gasteiger partial charge is 0.0569 e. The van der Waals surface area contributed by atoms with Crippen LogP contribution in [-0.2, 0) is 0 Å². The second kappa shape index (κ2) is 7.85. The zero-order chi connectivity index (χ0) is 21.0. The first-order valence-electron chi connectivity index (χ1n) is 12.8. The minimum absolute atomic E-state index is 0.0709. The summed E-state index contributed by atoms with van der Waals surface area (Å²) in [7, 11) is 0. The van der Waals surface area contributed by atoms with Gasteiger partial charge in [0.15, 0.2) is 0 Å². The first kappa shape index (κ1) is 21.7. The molecule has 0 bridgehead atoms. The van der Waals surface area contributed by atoms with Gasteiger partial charge in [-0.05, 0) is 104 Å². The second-order valence-corrected chi connectivity index (χ2v) is 12.2. The molecule has 0 radical (unpaired) electrons. The molecule has 1 heteroatoms. The van der Waals surface area contributed by atoms with Gasteiger partial charge in [0.2, 0.25) is 0 Å². The summed E-state index contributed by atoms with van der Waals surface area (Å²) < 4.78 is 0. The molecule has 0 aromatic heterocycles. The standard InChI is InChI=1S/C28H46O/c1-18(2)8-7-9-19(3)22-12-13-24-21-10-11-23-20(4)26(29)15-17-28(23,6)25(21)14-16-27(22,24)5/h7,9,18-20,22-24,26,29H,8,10-17H2,1-6H3/t19-,20?,22-,23?,24+,26?,27-,28+/m1/s1. The molecule has 3 unspecified atom stereocenters. The van der Waals surface area contributed by atoms with E-state index in [1.807, 2.05) is 11.1 Å². The predicted octanol–water partition coefficient (Wildman–Crippen LogP) is 7.55. The lowest BCUT2D eigenvalue weighted by Crippen LogP contribution is -2.49. The van der Waals surface area contributed by atoms with E-state index in [0.29, 0.717) is 28.6 Å². The Bertz CT molecular complexity index is 672. The summed E-state index contributed by atoms with van der Waals surface area (Å²) in [5.74, 6) is 4.32. The third-order valence-corrected chi connectivity index (χ3v) is 10.2. The number of hydrogen-bond acceptors (Lipinski definition) is 1. The molecule has 4 aliphatic carbocycles. The number of fused-ring (bicyclic) bond motifs is 4. The van der Waals surface area contributed by atoms with Crippen LogP contribution in [0.3, 0.4) is 0 Å². The molecule has 29 heavy (non-hydrogen) atoms. The highest BCUT2D eigenvalue weighted by molar-refractivity contribution is 5.35. The lowest BCUT2D eigenvalue weighted by molar-refractivity contribution is -0.0332. The highest BCUT2D eigenvalue weighted by atomic mass is 16.3. The molecule has 164 valence electrons. The molecule has 0 spiro atoms. The van der Waals surface area contributed by atoms with E-state index in [2.05, 4.69) is 53.7 Å². The van der Waals surface area contributed by atoms with Crippen molar-refractivity contribution in [2.45, 2.75) is 105 Å². The Morgan fingerprint density at radius 2 is 1.79 bits per heavy atom. The molecule has 4 aliphatic rings. The van der Waals surface area contributed by atoms with Gasteiger partial charge in [-0.2, -0.15) is 0 Å². The third-order valence-electron chi connectivity index (χ3n) is 10.2. The largest absolute Gasteiger partial charge is 0.393 e. The number of allylic oxidation sites excluding steroid dienone is 4. The van der Waals surface area contributed by atoms with E-state index in [0.717, 1.165) is 24.2 Å². The van der Waals surface area contributed by atoms with Gasteiger partial charge in [0.1, 0.15) is 0 Å². The number of hydrogen-bond donors (Lipinski definition) is 1. The van der Waals surface area contributed by atoms with Crippen LogP contribution in [0.5, 0.6) is 0 Å². The number of aliphatic hydroxyl groups excluding tert-OH is 1. The van der Waals surface area contributed by atoms with Gasteiger partial charge in [-0.15, -0.1) is 0 Å². The Morgan fingerprint density at radius 3 is 2.52 bits per heavy atom. The van der Waals surface area contributed by atoms with E-state index in [4.69, 9.17) is 0 Å². The fraction of sp³-hybridized carbons (Fsp3) is 0.857. The van der Waals surface area contributed by atoms with E-state index in [9.17, 15) is 5.11 Å². The van der Waals surface area contributed by atoms with Gasteiger partial charge in [-0.25, -0.2) is 0 Å². The first-order valence-corrected chi connectivity index (χ1v) is 12.8. The van der Waals surface area contributed by atoms with E-state index in [1.54, 1.807) is 0 Å². The fourth-order valence-electron chi connectivity index (χ4n) is 8.51. The second-order valence-electron chi connectivity index (χ2n) is 12.2. The summed E-state index contributed by atoms with van der Waals surface area (Å²) in [6.07, 6.45) is 16.6. The molecule has 1 nitrogen and oxygen atoms in total. The quantitative estimate of drug-likeness (QED) is 0.484. The van der Waals surface area contributed by atoms with Gasteiger partial charge in [0.25, 0.3) is 0 Å². The van der Waals surface area contributed by atoms with Crippen molar-refractivity contribution in [2.75, 3.05) is 0 Å². The molecular formula is C28H46O. The molecule has 4 rings (SSSR count). The Balaban J connectivity index is 1.58. The summed E-state index contributed by atoms with van der Waals surface area (Å²) >= 11 is 0. The summed E-state index contributed by atoms with van der Waals surface area (Å²) in [5.41, 5.74) is 4.62. The molecule has 0 amide bonds. The average Bonchev–Trinajstić information content (AvgIpc) is 3.02. The molecule has 0 heterocycles. The van der Waals surface area contributed by atoms with Crippen LogP contribution in [0, 0.1) is 46.3 Å². The van der Waals surface area contributed by atoms with E-state index in [1.165, 1.54) is 51.4 Å². The average molecular weight is 399 g/mol. The van der Waals surface area contributed by atoms with Gasteiger partial charge >= 0.3 is 0 Å². The van der Waals surface area contributed by atoms with Gasteiger partial charge in [0.05, 0.1) is 6.10 Å². The van der Waals surface area contributed by atoms with E-state index in [-0.39, 0.29) is 6.10 Å². The molecule has 0 aromatic carbocycles. The van der Waals surface area contributed by atoms with Crippen molar-refractivity contribution in [1.82, 2.24) is 0 Å². The lowest BCUT2D eigenvalue weighted by Gasteiger charge is -2.56. The van der Waals surface area contributed by atoms with Crippen molar-refractivity contribution < 1.29 is 5.11 Å². The zero-order valence-electron chi connectivity index (χ0n) is 20.0. The minimum Gasteiger partial charge on any atom is -0.393 e. The fourth-order valence-corrected chi connectivity index (χ4v) is 8.51. The van der Waals surface area contributed by atoms with Crippen LogP contribution in [0.15, 0.2) is 23.3 Å². The molecule has 1 N–H and O–H groups in total. The highest BCUT2D eigenvalue weighted by Gasteiger charge is 2.56. The topological polar surface area (TPSA) is 20.2 Å². The number of rotatable bonds is 4. The van der Waals surface area contributed by atoms with Crippen molar-refractivity contribution in [3.63, 3.8) is 0 Å². The Kier molecular flexibility index (Phi) is 5.86. The maximum atomic E-state index is 10.5. The zero-order valence-corrected chi connectivity index (χ0v) is 20.0. The van der Waals surface area contributed by atoms with E-state index >= 15 is 0 Å². The minimum atomic E-state index is -0.0709. The monoisotopic (exact) mass is 398 g/mol. The van der Waals surface area contributed by atoms with Crippen LogP contribution in [-0.4, -0.2) is 11.2 Å². The molecule has 0 aromatic rings. The summed E-state index contributed by atoms with van der Waals surface area (Å²) in [4.78, 5) is 0. The van der Waals surface area contributed by atoms with E-state index < -0.39 is 0 Å². The molecule has 0 saturated heterocycles. The van der Waals surface area contributed by atoms with Gasteiger partial charge in [0, 0.05) is 0 Å². The summed E-state index contributed by atoms with van der Waals surface area (Å²) in [6, 6.07) is 0. The Labute approximate surface area is 180 Å². The van der Waals surface area contributed by atoms with Crippen LogP contribution in [0.2, 0.25) is 0 Å². The summed E-state index contributed by atoms with van der Waals surface area (Å²) in [6.45, 7) is 14.7. The Hall–Kier alpha value is -0.560. The molecule has 8 atom stereocenters. The molecular weight excluding hydrogens is 352 g/mol. The third kappa shape index (κ3) is 3.48. The predicted molar refractivity (Wildman–Crippen MR) is 124 cm³/mol. The van der Waals surface area contributed by atoms with Crippen molar-refractivity contribution in [1.29, 1.82) is 0 Å². The molecule has 0 aliphatic heterocycles. The lowest BCUT2D eigenvalue weighted by atomic mass is 9.49. The normalized spacial score (nSPS) is 46.0. The van der Waals surface area contributed by atoms with Crippen LogP contribution < -0.4 is 0 Å². The molecule has 2 fully saturated rings. The SMILES string of the molecule is CC(C)CC=C[C@@H](C)[C@H]1CC[C@H]2C3=C(CC[C@]12C)[C@@]1(C)CCC(O)C(C)C1CC3. The summed E-state index contributed by atoms with van der Waals surface area (Å²) in [5, 5.41) is 10.5. The molecule has 2 saturated carbocycles. The van der Waals surface area contributed by atoms with Crippen molar-refractivity contribution in [2.24, 2.45) is 46.3 Å². The maximum absolute atomic E-state index is 10.5. The van der Waals surface area contributed by atoms with Crippen molar-refractivity contribution >= 4 is 0 Å². The van der Waals surface area contributed by atoms with Crippen molar-refractivity contribution in [3.05, 3.63) is 23.3 Å². The van der Waals surface area contributed by atoms with Gasteiger partial charge in [-0.3, -0.25) is 0 Å². The van der Waals surface area contributed by atoms with Crippen LogP contribution in [0.1, 0.15) is 99.3 Å². The first-order chi connectivity index (χ1) is 13.7. The van der Waals surface area contributed by atoms with Gasteiger partial charge < -0.3 is 5.11 Å². The highest BCUT2D eigenvalue weighted by Crippen LogP contribution is 2.66. The van der Waals surface area contributed by atoms with Gasteiger partial charge in [-0.1, -0.05) is 64.8 Å². The van der Waals surface area contributed by atoms with Crippen LogP contribution in [0.25, 0.3) is 0 Å². The maximum Gasteiger partial charge on any atom is 0.0569 e.